The Hall–Kier alpha value is -1.37. The van der Waals surface area contributed by atoms with Crippen LogP contribution in [-0.2, 0) is 6.18 Å². The first-order chi connectivity index (χ1) is 10.0. The molecule has 0 aromatic carbocycles. The average Bonchev–Trinajstić information content (AvgIpc) is 2.95. The molecule has 1 aliphatic rings. The third-order valence-electron chi connectivity index (χ3n) is 3.60. The van der Waals surface area contributed by atoms with Crippen LogP contribution in [0.25, 0.3) is 0 Å². The highest BCUT2D eigenvalue weighted by molar-refractivity contribution is 5.31. The lowest BCUT2D eigenvalue weighted by atomic mass is 10.2. The lowest BCUT2D eigenvalue weighted by molar-refractivity contribution is -0.141. The molecule has 0 saturated carbocycles. The number of hydrogen-bond donors (Lipinski definition) is 1. The van der Waals surface area contributed by atoms with Gasteiger partial charge in [0.25, 0.3) is 0 Å². The number of unbranched alkanes of at least 4 members (excludes halogenated alkanes) is 1. The molecule has 118 valence electrons. The Bertz CT molecular complexity index is 444. The molecule has 1 aromatic rings. The van der Waals surface area contributed by atoms with Crippen LogP contribution < -0.4 is 10.2 Å². The van der Waals surface area contributed by atoms with Gasteiger partial charge in [0, 0.05) is 25.3 Å². The molecule has 0 bridgehead atoms. The highest BCUT2D eigenvalue weighted by Gasteiger charge is 2.33. The van der Waals surface area contributed by atoms with Gasteiger partial charge in [-0.15, -0.1) is 0 Å². The van der Waals surface area contributed by atoms with Crippen molar-refractivity contribution in [2.24, 2.45) is 0 Å². The second kappa shape index (κ2) is 7.06. The summed E-state index contributed by atoms with van der Waals surface area (Å²) >= 11 is 0. The maximum absolute atomic E-state index is 12.8. The number of alkyl halides is 3. The Balaban J connectivity index is 2.14. The Morgan fingerprint density at radius 2 is 2.24 bits per heavy atom. The molecule has 0 radical (unpaired) electrons. The second-order valence-electron chi connectivity index (χ2n) is 5.33. The predicted molar refractivity (Wildman–Crippen MR) is 75.2 cm³/mol. The van der Waals surface area contributed by atoms with E-state index in [2.05, 4.69) is 22.2 Å². The Morgan fingerprint density at radius 3 is 2.86 bits per heavy atom. The van der Waals surface area contributed by atoms with Crippen LogP contribution in [0.15, 0.2) is 12.3 Å². The van der Waals surface area contributed by atoms with E-state index in [1.54, 1.807) is 0 Å². The summed E-state index contributed by atoms with van der Waals surface area (Å²) in [6.45, 7) is 4.35. The molecule has 1 aromatic heterocycles. The summed E-state index contributed by atoms with van der Waals surface area (Å²) in [5, 5.41) is 3.36. The second-order valence-corrected chi connectivity index (χ2v) is 5.33. The highest BCUT2D eigenvalue weighted by Crippen LogP contribution is 2.28. The zero-order valence-corrected chi connectivity index (χ0v) is 12.2. The van der Waals surface area contributed by atoms with Gasteiger partial charge in [0.05, 0.1) is 0 Å². The van der Waals surface area contributed by atoms with Crippen molar-refractivity contribution in [3.8, 4) is 0 Å². The zero-order chi connectivity index (χ0) is 15.3. The lowest BCUT2D eigenvalue weighted by Crippen LogP contribution is -2.39. The van der Waals surface area contributed by atoms with Gasteiger partial charge in [-0.1, -0.05) is 13.3 Å². The fourth-order valence-corrected chi connectivity index (χ4v) is 2.46. The van der Waals surface area contributed by atoms with Crippen molar-refractivity contribution in [3.63, 3.8) is 0 Å². The van der Waals surface area contributed by atoms with E-state index in [0.29, 0.717) is 19.1 Å². The van der Waals surface area contributed by atoms with Crippen LogP contribution in [0.2, 0.25) is 0 Å². The molecule has 2 heterocycles. The minimum atomic E-state index is -4.43. The molecule has 1 unspecified atom stereocenters. The maximum Gasteiger partial charge on any atom is 0.433 e. The molecule has 21 heavy (non-hydrogen) atoms. The molecule has 0 amide bonds. The average molecular weight is 302 g/mol. The minimum Gasteiger partial charge on any atom is -0.339 e. The van der Waals surface area contributed by atoms with Crippen LogP contribution in [0.4, 0.5) is 19.1 Å². The number of nitrogens with one attached hydrogen (secondary N) is 1. The van der Waals surface area contributed by atoms with E-state index in [4.69, 9.17) is 0 Å². The molecule has 1 saturated heterocycles. The van der Waals surface area contributed by atoms with Crippen molar-refractivity contribution in [2.45, 2.75) is 44.8 Å². The number of rotatable bonds is 6. The first kappa shape index (κ1) is 16.0. The van der Waals surface area contributed by atoms with Crippen LogP contribution in [-0.4, -0.2) is 35.6 Å². The van der Waals surface area contributed by atoms with Crippen LogP contribution >= 0.6 is 0 Å². The van der Waals surface area contributed by atoms with Gasteiger partial charge >= 0.3 is 6.18 Å². The molecule has 1 aliphatic heterocycles. The number of halogens is 3. The van der Waals surface area contributed by atoms with E-state index in [1.165, 1.54) is 6.20 Å². The van der Waals surface area contributed by atoms with Gasteiger partial charge in [-0.3, -0.25) is 0 Å². The highest BCUT2D eigenvalue weighted by atomic mass is 19.4. The van der Waals surface area contributed by atoms with E-state index < -0.39 is 11.9 Å². The van der Waals surface area contributed by atoms with Crippen molar-refractivity contribution in [3.05, 3.63) is 18.0 Å². The van der Waals surface area contributed by atoms with Crippen LogP contribution in [0.5, 0.6) is 0 Å². The standard InChI is InChI=1S/C14H21F3N4/c1-2-3-9-21(10-11-5-4-7-18-11)13-19-8-6-12(20-13)14(15,16)17/h6,8,11,18H,2-5,7,9-10H2,1H3. The lowest BCUT2D eigenvalue weighted by Gasteiger charge is -2.26. The topological polar surface area (TPSA) is 41.0 Å². The monoisotopic (exact) mass is 302 g/mol. The normalized spacial score (nSPS) is 19.0. The summed E-state index contributed by atoms with van der Waals surface area (Å²) < 4.78 is 38.3. The number of anilines is 1. The van der Waals surface area contributed by atoms with Crippen molar-refractivity contribution >= 4 is 5.95 Å². The molecule has 7 heteroatoms. The Kier molecular flexibility index (Phi) is 5.39. The fourth-order valence-electron chi connectivity index (χ4n) is 2.46. The first-order valence-corrected chi connectivity index (χ1v) is 7.39. The molecule has 4 nitrogen and oxygen atoms in total. The Morgan fingerprint density at radius 1 is 1.43 bits per heavy atom. The molecular formula is C14H21F3N4. The van der Waals surface area contributed by atoms with E-state index in [0.717, 1.165) is 38.3 Å². The van der Waals surface area contributed by atoms with Crippen LogP contribution in [0.1, 0.15) is 38.3 Å². The zero-order valence-electron chi connectivity index (χ0n) is 12.2. The molecule has 0 aliphatic carbocycles. The van der Waals surface area contributed by atoms with Gasteiger partial charge in [0.15, 0.2) is 0 Å². The fraction of sp³-hybridized carbons (Fsp3) is 0.714. The molecular weight excluding hydrogens is 281 g/mol. The predicted octanol–water partition coefficient (Wildman–Crippen LogP) is 2.85. The van der Waals surface area contributed by atoms with E-state index in [-0.39, 0.29) is 5.95 Å². The molecule has 1 N–H and O–H groups in total. The van der Waals surface area contributed by atoms with Crippen molar-refractivity contribution in [2.75, 3.05) is 24.5 Å². The van der Waals surface area contributed by atoms with Gasteiger partial charge in [0.1, 0.15) is 5.69 Å². The Labute approximate surface area is 122 Å². The smallest absolute Gasteiger partial charge is 0.339 e. The molecule has 1 atom stereocenters. The van der Waals surface area contributed by atoms with E-state index in [9.17, 15) is 13.2 Å². The molecule has 2 rings (SSSR count). The van der Waals surface area contributed by atoms with Crippen LogP contribution in [0, 0.1) is 0 Å². The van der Waals surface area contributed by atoms with Crippen molar-refractivity contribution < 1.29 is 13.2 Å². The third-order valence-corrected chi connectivity index (χ3v) is 3.60. The van der Waals surface area contributed by atoms with Crippen LogP contribution in [0.3, 0.4) is 0 Å². The summed E-state index contributed by atoms with van der Waals surface area (Å²) in [5.74, 6) is 0.173. The molecule has 1 fully saturated rings. The third kappa shape index (κ3) is 4.56. The van der Waals surface area contributed by atoms with Gasteiger partial charge in [-0.05, 0) is 31.9 Å². The summed E-state index contributed by atoms with van der Waals surface area (Å²) in [7, 11) is 0. The van der Waals surface area contributed by atoms with Gasteiger partial charge in [0.2, 0.25) is 5.95 Å². The van der Waals surface area contributed by atoms with Gasteiger partial charge in [-0.25, -0.2) is 9.97 Å². The largest absolute Gasteiger partial charge is 0.433 e. The van der Waals surface area contributed by atoms with Crippen molar-refractivity contribution in [1.82, 2.24) is 15.3 Å². The number of hydrogen-bond acceptors (Lipinski definition) is 4. The summed E-state index contributed by atoms with van der Waals surface area (Å²) in [4.78, 5) is 9.60. The SMILES string of the molecule is CCCCN(CC1CCCN1)c1nccc(C(F)(F)F)n1. The minimum absolute atomic E-state index is 0.173. The quantitative estimate of drug-likeness (QED) is 0.877. The van der Waals surface area contributed by atoms with Gasteiger partial charge in [-0.2, -0.15) is 13.2 Å². The summed E-state index contributed by atoms with van der Waals surface area (Å²) in [5.41, 5.74) is -0.881. The number of nitrogens with zero attached hydrogens (tertiary/aromatic N) is 3. The number of aromatic nitrogens is 2. The van der Waals surface area contributed by atoms with E-state index >= 15 is 0 Å². The molecule has 0 spiro atoms. The maximum atomic E-state index is 12.8. The van der Waals surface area contributed by atoms with Crippen molar-refractivity contribution in [1.29, 1.82) is 0 Å². The first-order valence-electron chi connectivity index (χ1n) is 7.39. The summed E-state index contributed by atoms with van der Waals surface area (Å²) in [6, 6.07) is 1.22. The van der Waals surface area contributed by atoms with E-state index in [1.807, 2.05) is 4.90 Å². The van der Waals surface area contributed by atoms with Gasteiger partial charge < -0.3 is 10.2 Å². The summed E-state index contributed by atoms with van der Waals surface area (Å²) in [6.07, 6.45) is 0.795.